The number of halogens is 3. The monoisotopic (exact) mass is 395 g/mol. The number of aliphatic hydroxyl groups is 2. The molecule has 0 saturated heterocycles. The number of benzene rings is 1. The average molecular weight is 395 g/mol. The van der Waals surface area contributed by atoms with Gasteiger partial charge in [-0.3, -0.25) is 0 Å². The van der Waals surface area contributed by atoms with Crippen molar-refractivity contribution in [2.75, 3.05) is 11.9 Å². The topological polar surface area (TPSA) is 52.5 Å². The first-order valence-corrected chi connectivity index (χ1v) is 9.86. The van der Waals surface area contributed by atoms with Gasteiger partial charge in [0.25, 0.3) is 0 Å². The second-order valence-electron chi connectivity index (χ2n) is 8.18. The van der Waals surface area contributed by atoms with Gasteiger partial charge in [-0.25, -0.2) is 0 Å². The fourth-order valence-corrected chi connectivity index (χ4v) is 4.39. The minimum atomic E-state index is -4.36. The molecule has 0 aromatic heterocycles. The maximum absolute atomic E-state index is 13.2. The minimum absolute atomic E-state index is 0.0395. The normalized spacial score (nSPS) is 28.3. The Kier molecular flexibility index (Phi) is 6.08. The van der Waals surface area contributed by atoms with Gasteiger partial charge in [-0.15, -0.1) is 0 Å². The molecule has 0 spiro atoms. The Morgan fingerprint density at radius 1 is 1.29 bits per heavy atom. The van der Waals surface area contributed by atoms with Crippen molar-refractivity contribution >= 4 is 5.69 Å². The van der Waals surface area contributed by atoms with Crippen LogP contribution in [0.15, 0.2) is 42.2 Å². The van der Waals surface area contributed by atoms with Crippen molar-refractivity contribution in [2.24, 2.45) is 17.8 Å². The Hall–Kier alpha value is -1.95. The first-order chi connectivity index (χ1) is 13.2. The number of allylic oxidation sites excluding steroid dienone is 2. The fourth-order valence-electron chi connectivity index (χ4n) is 4.39. The van der Waals surface area contributed by atoms with Crippen molar-refractivity contribution in [3.63, 3.8) is 0 Å². The average Bonchev–Trinajstić information content (AvgIpc) is 2.66. The Bertz CT molecular complexity index is 757. The highest BCUT2D eigenvalue weighted by Gasteiger charge is 2.39. The Balaban J connectivity index is 1.92. The van der Waals surface area contributed by atoms with Crippen LogP contribution in [-0.2, 0) is 6.18 Å². The molecule has 2 unspecified atom stereocenters. The van der Waals surface area contributed by atoms with Crippen molar-refractivity contribution in [1.82, 2.24) is 0 Å². The molecular formula is C22H28F3NO2. The Labute approximate surface area is 164 Å². The lowest BCUT2D eigenvalue weighted by atomic mass is 9.70. The highest BCUT2D eigenvalue weighted by Crippen LogP contribution is 2.46. The van der Waals surface area contributed by atoms with Gasteiger partial charge in [-0.2, -0.15) is 13.2 Å². The number of alkyl halides is 3. The number of rotatable bonds is 5. The van der Waals surface area contributed by atoms with E-state index < -0.39 is 11.7 Å². The third-order valence-corrected chi connectivity index (χ3v) is 6.17. The van der Waals surface area contributed by atoms with Crippen LogP contribution in [0.2, 0.25) is 0 Å². The second kappa shape index (κ2) is 8.19. The van der Waals surface area contributed by atoms with Crippen LogP contribution >= 0.6 is 0 Å². The molecule has 0 fully saturated rings. The SMILES string of the molecule is CC1c2cc(C(F)(F)F)ccc2N[C@@H](C2C=CC(O)=CC2)[C@@H]1CC[C@@H](C)CO. The molecule has 1 heterocycles. The maximum Gasteiger partial charge on any atom is 0.416 e. The summed E-state index contributed by atoms with van der Waals surface area (Å²) in [4.78, 5) is 0. The molecule has 1 aromatic carbocycles. The predicted octanol–water partition coefficient (Wildman–Crippen LogP) is 5.65. The summed E-state index contributed by atoms with van der Waals surface area (Å²) in [5.74, 6) is 0.654. The molecule has 3 rings (SSSR count). The molecule has 5 atom stereocenters. The van der Waals surface area contributed by atoms with E-state index in [1.807, 2.05) is 19.9 Å². The molecule has 3 N–H and O–H groups in total. The van der Waals surface area contributed by atoms with Gasteiger partial charge >= 0.3 is 6.18 Å². The maximum atomic E-state index is 13.2. The fraction of sp³-hybridized carbons (Fsp3) is 0.545. The van der Waals surface area contributed by atoms with Gasteiger partial charge in [0.1, 0.15) is 5.76 Å². The summed E-state index contributed by atoms with van der Waals surface area (Å²) in [6.45, 7) is 4.09. The zero-order valence-electron chi connectivity index (χ0n) is 16.2. The summed E-state index contributed by atoms with van der Waals surface area (Å²) in [5, 5.41) is 22.5. The van der Waals surface area contributed by atoms with Crippen molar-refractivity contribution < 1.29 is 23.4 Å². The summed E-state index contributed by atoms with van der Waals surface area (Å²) in [5.41, 5.74) is 0.835. The number of fused-ring (bicyclic) bond motifs is 1. The quantitative estimate of drug-likeness (QED) is 0.604. The molecule has 6 heteroatoms. The molecular weight excluding hydrogens is 367 g/mol. The lowest BCUT2D eigenvalue weighted by Gasteiger charge is -2.43. The summed E-state index contributed by atoms with van der Waals surface area (Å²) in [7, 11) is 0. The highest BCUT2D eigenvalue weighted by molar-refractivity contribution is 5.58. The van der Waals surface area contributed by atoms with Gasteiger partial charge in [-0.1, -0.05) is 19.9 Å². The Morgan fingerprint density at radius 2 is 2.04 bits per heavy atom. The summed E-state index contributed by atoms with van der Waals surface area (Å²) in [6.07, 6.45) is 3.42. The largest absolute Gasteiger partial charge is 0.508 e. The first kappa shape index (κ1) is 20.8. The zero-order valence-corrected chi connectivity index (χ0v) is 16.2. The lowest BCUT2D eigenvalue weighted by Crippen LogP contribution is -2.42. The van der Waals surface area contributed by atoms with Gasteiger partial charge < -0.3 is 15.5 Å². The van der Waals surface area contributed by atoms with E-state index in [4.69, 9.17) is 0 Å². The number of hydrogen-bond acceptors (Lipinski definition) is 3. The third-order valence-electron chi connectivity index (χ3n) is 6.17. The predicted molar refractivity (Wildman–Crippen MR) is 104 cm³/mol. The highest BCUT2D eigenvalue weighted by atomic mass is 19.4. The lowest BCUT2D eigenvalue weighted by molar-refractivity contribution is -0.137. The van der Waals surface area contributed by atoms with E-state index in [1.165, 1.54) is 12.1 Å². The third kappa shape index (κ3) is 4.37. The van der Waals surface area contributed by atoms with Crippen LogP contribution in [0.1, 0.15) is 50.2 Å². The van der Waals surface area contributed by atoms with Crippen LogP contribution in [0.4, 0.5) is 18.9 Å². The number of aliphatic hydroxyl groups excluding tert-OH is 2. The van der Waals surface area contributed by atoms with Crippen LogP contribution in [0.25, 0.3) is 0 Å². The van der Waals surface area contributed by atoms with Crippen LogP contribution in [0.3, 0.4) is 0 Å². The van der Waals surface area contributed by atoms with E-state index in [9.17, 15) is 23.4 Å². The van der Waals surface area contributed by atoms with Crippen LogP contribution in [-0.4, -0.2) is 22.9 Å². The number of anilines is 1. The van der Waals surface area contributed by atoms with Crippen molar-refractivity contribution in [3.8, 4) is 0 Å². The molecule has 0 saturated carbocycles. The van der Waals surface area contributed by atoms with Gasteiger partial charge in [-0.05, 0) is 72.9 Å². The summed E-state index contributed by atoms with van der Waals surface area (Å²) >= 11 is 0. The molecule has 154 valence electrons. The summed E-state index contributed by atoms with van der Waals surface area (Å²) < 4.78 is 39.6. The summed E-state index contributed by atoms with van der Waals surface area (Å²) in [6, 6.07) is 4.00. The van der Waals surface area contributed by atoms with E-state index in [1.54, 1.807) is 12.2 Å². The van der Waals surface area contributed by atoms with Gasteiger partial charge in [0.05, 0.1) is 5.56 Å². The number of hydrogen-bond donors (Lipinski definition) is 3. The standard InChI is InChI=1S/C22H28F3NO2/c1-13(12-27)3-9-18-14(2)19-11-16(22(23,24)25)6-10-20(19)26-21(18)15-4-7-17(28)8-5-15/h4,6-8,10-11,13-15,18,21,26-28H,3,5,9,12H2,1-2H3/t13-,14?,15?,18-,21+/m1/s1. The molecule has 1 aliphatic heterocycles. The molecule has 28 heavy (non-hydrogen) atoms. The minimum Gasteiger partial charge on any atom is -0.508 e. The van der Waals surface area contributed by atoms with Crippen LogP contribution in [0.5, 0.6) is 0 Å². The van der Waals surface area contributed by atoms with E-state index in [-0.39, 0.29) is 42.1 Å². The molecule has 1 aliphatic carbocycles. The molecule has 1 aromatic rings. The van der Waals surface area contributed by atoms with Crippen LogP contribution < -0.4 is 5.32 Å². The van der Waals surface area contributed by atoms with Gasteiger partial charge in [0, 0.05) is 24.3 Å². The van der Waals surface area contributed by atoms with Gasteiger partial charge in [0.2, 0.25) is 0 Å². The van der Waals surface area contributed by atoms with Crippen molar-refractivity contribution in [2.45, 2.75) is 51.2 Å². The molecule has 0 amide bonds. The van der Waals surface area contributed by atoms with E-state index in [0.717, 1.165) is 24.6 Å². The smallest absolute Gasteiger partial charge is 0.416 e. The van der Waals surface area contributed by atoms with Crippen LogP contribution in [0, 0.1) is 17.8 Å². The van der Waals surface area contributed by atoms with E-state index in [0.29, 0.717) is 12.0 Å². The number of nitrogens with one attached hydrogen (secondary N) is 1. The molecule has 2 aliphatic rings. The Morgan fingerprint density at radius 3 is 2.64 bits per heavy atom. The first-order valence-electron chi connectivity index (χ1n) is 9.86. The van der Waals surface area contributed by atoms with Crippen molar-refractivity contribution in [3.05, 3.63) is 53.3 Å². The van der Waals surface area contributed by atoms with Crippen molar-refractivity contribution in [1.29, 1.82) is 0 Å². The molecule has 0 bridgehead atoms. The van der Waals surface area contributed by atoms with E-state index in [2.05, 4.69) is 5.32 Å². The van der Waals surface area contributed by atoms with Gasteiger partial charge in [0.15, 0.2) is 0 Å². The second-order valence-corrected chi connectivity index (χ2v) is 8.18. The molecule has 3 nitrogen and oxygen atoms in total. The van der Waals surface area contributed by atoms with E-state index >= 15 is 0 Å². The zero-order chi connectivity index (χ0) is 20.5. The molecule has 0 radical (unpaired) electrons.